The molecule has 8 heteroatoms. The smallest absolute Gasteiger partial charge is 0.330 e. The van der Waals surface area contributed by atoms with Gasteiger partial charge in [0.15, 0.2) is 6.23 Å². The topological polar surface area (TPSA) is 109 Å². The highest BCUT2D eigenvalue weighted by Crippen LogP contribution is 2.37. The van der Waals surface area contributed by atoms with Gasteiger partial charge in [-0.05, 0) is 19.8 Å². The molecule has 4 atom stereocenters. The van der Waals surface area contributed by atoms with E-state index in [0.717, 1.165) is 25.7 Å². The van der Waals surface area contributed by atoms with E-state index in [1.54, 1.807) is 6.92 Å². The number of unbranched alkanes of at least 4 members (excludes halogenated alkanes) is 2. The zero-order valence-electron chi connectivity index (χ0n) is 15.9. The van der Waals surface area contributed by atoms with E-state index in [2.05, 4.69) is 18.8 Å². The van der Waals surface area contributed by atoms with Gasteiger partial charge in [0.2, 0.25) is 0 Å². The van der Waals surface area contributed by atoms with Crippen molar-refractivity contribution in [1.29, 1.82) is 0 Å². The lowest BCUT2D eigenvalue weighted by Crippen LogP contribution is -2.55. The molecule has 1 aliphatic heterocycles. The molecule has 0 aliphatic carbocycles. The Morgan fingerprint density at radius 2 is 1.96 bits per heavy atom. The van der Waals surface area contributed by atoms with Crippen LogP contribution in [-0.2, 0) is 14.2 Å². The normalized spacial score (nSPS) is 28.5. The van der Waals surface area contributed by atoms with E-state index in [-0.39, 0.29) is 6.10 Å². The van der Waals surface area contributed by atoms with E-state index in [0.29, 0.717) is 19.8 Å². The molecular weight excluding hydrogens is 338 g/mol. The Hall–Kier alpha value is -1.48. The van der Waals surface area contributed by atoms with Gasteiger partial charge >= 0.3 is 5.69 Å². The summed E-state index contributed by atoms with van der Waals surface area (Å²) in [6.45, 7) is 7.54. The number of nitrogens with one attached hydrogen (secondary N) is 1. The first kappa shape index (κ1) is 20.8. The minimum atomic E-state index is -0.950. The van der Waals surface area contributed by atoms with Crippen LogP contribution in [0.5, 0.6) is 0 Å². The first-order valence-electron chi connectivity index (χ1n) is 9.37. The predicted octanol–water partition coefficient (Wildman–Crippen LogP) is 1.15. The van der Waals surface area contributed by atoms with Gasteiger partial charge in [0.1, 0.15) is 12.2 Å². The Kier molecular flexibility index (Phi) is 7.57. The van der Waals surface area contributed by atoms with Crippen LogP contribution in [0, 0.1) is 0 Å². The lowest BCUT2D eigenvalue weighted by Gasteiger charge is -2.31. The monoisotopic (exact) mass is 369 g/mol. The summed E-state index contributed by atoms with van der Waals surface area (Å²) in [7, 11) is 0. The summed E-state index contributed by atoms with van der Waals surface area (Å²) >= 11 is 0. The third kappa shape index (κ3) is 4.82. The highest BCUT2D eigenvalue weighted by molar-refractivity contribution is 5.05. The highest BCUT2D eigenvalue weighted by atomic mass is 16.6. The summed E-state index contributed by atoms with van der Waals surface area (Å²) in [5.41, 5.74) is 4.58. The third-order valence-corrected chi connectivity index (χ3v) is 4.61. The standard InChI is InChI=1S/C18H31N3O5/c1-4-6-10-24-12-13-15(25-11-7-5-2)18(3,19)16(26-13)21-9-8-14(22)20-17(21)23/h8-9,13,15-16H,4-7,10-12,19H2,1-3H3,(H,20,22,23)/t13-,15-,16-,18-/m1/s1. The Morgan fingerprint density at radius 3 is 2.62 bits per heavy atom. The molecule has 148 valence electrons. The van der Waals surface area contributed by atoms with Crippen molar-refractivity contribution in [2.75, 3.05) is 19.8 Å². The van der Waals surface area contributed by atoms with E-state index in [1.807, 2.05) is 0 Å². The van der Waals surface area contributed by atoms with Crippen molar-refractivity contribution in [2.24, 2.45) is 5.73 Å². The summed E-state index contributed by atoms with van der Waals surface area (Å²) < 4.78 is 19.1. The fraction of sp³-hybridized carbons (Fsp3) is 0.778. The van der Waals surface area contributed by atoms with Gasteiger partial charge in [0.25, 0.3) is 5.56 Å². The summed E-state index contributed by atoms with van der Waals surface area (Å²) in [6, 6.07) is 1.28. The van der Waals surface area contributed by atoms with Crippen LogP contribution in [0.1, 0.15) is 52.7 Å². The lowest BCUT2D eigenvalue weighted by atomic mass is 9.93. The molecule has 0 aromatic carbocycles. The molecule has 26 heavy (non-hydrogen) atoms. The number of H-pyrrole nitrogens is 1. The second-order valence-electron chi connectivity index (χ2n) is 6.98. The summed E-state index contributed by atoms with van der Waals surface area (Å²) in [4.78, 5) is 25.8. The molecule has 0 spiro atoms. The van der Waals surface area contributed by atoms with Gasteiger partial charge in [-0.25, -0.2) is 4.79 Å². The molecule has 1 saturated heterocycles. The van der Waals surface area contributed by atoms with E-state index < -0.39 is 29.1 Å². The molecule has 1 aliphatic rings. The molecule has 1 fully saturated rings. The van der Waals surface area contributed by atoms with Gasteiger partial charge in [-0.3, -0.25) is 14.3 Å². The largest absolute Gasteiger partial charge is 0.379 e. The lowest BCUT2D eigenvalue weighted by molar-refractivity contribution is -0.0778. The zero-order valence-corrected chi connectivity index (χ0v) is 15.9. The molecule has 0 unspecified atom stereocenters. The quantitative estimate of drug-likeness (QED) is 0.599. The van der Waals surface area contributed by atoms with Crippen LogP contribution in [0.15, 0.2) is 21.9 Å². The first-order chi connectivity index (χ1) is 12.4. The maximum Gasteiger partial charge on any atom is 0.330 e. The SMILES string of the molecule is CCCCOC[C@H]1O[C@@H](n2ccc(=O)[nH]c2=O)[C@](C)(N)[C@@H]1OCCCC. The molecule has 0 radical (unpaired) electrons. The summed E-state index contributed by atoms with van der Waals surface area (Å²) in [6.07, 6.45) is 3.79. The van der Waals surface area contributed by atoms with Crippen LogP contribution in [-0.4, -0.2) is 47.1 Å². The number of nitrogens with zero attached hydrogens (tertiary/aromatic N) is 1. The zero-order chi connectivity index (χ0) is 19.2. The van der Waals surface area contributed by atoms with Crippen LogP contribution >= 0.6 is 0 Å². The number of nitrogens with two attached hydrogens (primary N) is 1. The van der Waals surface area contributed by atoms with Gasteiger partial charge in [-0.15, -0.1) is 0 Å². The average molecular weight is 369 g/mol. The fourth-order valence-corrected chi connectivity index (χ4v) is 3.12. The molecule has 0 amide bonds. The van der Waals surface area contributed by atoms with Crippen LogP contribution in [0.4, 0.5) is 0 Å². The average Bonchev–Trinajstić information content (AvgIpc) is 2.83. The second-order valence-corrected chi connectivity index (χ2v) is 6.98. The second kappa shape index (κ2) is 9.45. The summed E-state index contributed by atoms with van der Waals surface area (Å²) in [5, 5.41) is 0. The van der Waals surface area contributed by atoms with Crippen molar-refractivity contribution in [3.8, 4) is 0 Å². The highest BCUT2D eigenvalue weighted by Gasteiger charge is 2.53. The Morgan fingerprint density at radius 1 is 1.27 bits per heavy atom. The number of aromatic amines is 1. The van der Waals surface area contributed by atoms with Crippen molar-refractivity contribution in [3.63, 3.8) is 0 Å². The minimum absolute atomic E-state index is 0.345. The Balaban J connectivity index is 2.20. The van der Waals surface area contributed by atoms with Gasteiger partial charge in [0.05, 0.1) is 12.1 Å². The minimum Gasteiger partial charge on any atom is -0.379 e. The van der Waals surface area contributed by atoms with Crippen molar-refractivity contribution in [1.82, 2.24) is 9.55 Å². The molecule has 0 bridgehead atoms. The Labute approximate surface area is 153 Å². The fourth-order valence-electron chi connectivity index (χ4n) is 3.12. The molecule has 8 nitrogen and oxygen atoms in total. The third-order valence-electron chi connectivity index (χ3n) is 4.61. The predicted molar refractivity (Wildman–Crippen MR) is 98.2 cm³/mol. The Bertz CT molecular complexity index is 669. The maximum atomic E-state index is 12.2. The van der Waals surface area contributed by atoms with Crippen molar-refractivity contribution < 1.29 is 14.2 Å². The van der Waals surface area contributed by atoms with Crippen molar-refractivity contribution in [3.05, 3.63) is 33.1 Å². The van der Waals surface area contributed by atoms with Crippen molar-refractivity contribution in [2.45, 2.75) is 70.4 Å². The first-order valence-corrected chi connectivity index (χ1v) is 9.37. The molecule has 1 aromatic rings. The number of aromatic nitrogens is 2. The molecule has 0 saturated carbocycles. The molecule has 1 aromatic heterocycles. The molecule has 2 rings (SSSR count). The molecular formula is C18H31N3O5. The van der Waals surface area contributed by atoms with Gasteiger partial charge in [-0.1, -0.05) is 26.7 Å². The number of rotatable bonds is 10. The van der Waals surface area contributed by atoms with Crippen LogP contribution in [0.25, 0.3) is 0 Å². The van der Waals surface area contributed by atoms with E-state index in [4.69, 9.17) is 19.9 Å². The number of hydrogen-bond donors (Lipinski definition) is 2. The van der Waals surface area contributed by atoms with Gasteiger partial charge < -0.3 is 19.9 Å². The summed E-state index contributed by atoms with van der Waals surface area (Å²) in [5.74, 6) is 0. The van der Waals surface area contributed by atoms with Gasteiger partial charge in [-0.2, -0.15) is 0 Å². The maximum absolute atomic E-state index is 12.2. The van der Waals surface area contributed by atoms with E-state index >= 15 is 0 Å². The van der Waals surface area contributed by atoms with Crippen LogP contribution in [0.3, 0.4) is 0 Å². The number of ether oxygens (including phenoxy) is 3. The van der Waals surface area contributed by atoms with Crippen LogP contribution in [0.2, 0.25) is 0 Å². The molecule has 3 N–H and O–H groups in total. The van der Waals surface area contributed by atoms with Crippen molar-refractivity contribution >= 4 is 0 Å². The van der Waals surface area contributed by atoms with E-state index in [1.165, 1.54) is 16.8 Å². The number of hydrogen-bond acceptors (Lipinski definition) is 6. The van der Waals surface area contributed by atoms with Gasteiger partial charge in [0, 0.05) is 25.5 Å². The van der Waals surface area contributed by atoms with Crippen LogP contribution < -0.4 is 17.0 Å². The molecule has 2 heterocycles. The van der Waals surface area contributed by atoms with E-state index in [9.17, 15) is 9.59 Å².